The van der Waals surface area contributed by atoms with Crippen LogP contribution in [-0.4, -0.2) is 48.7 Å². The molecule has 7 nitrogen and oxygen atoms in total. The minimum absolute atomic E-state index is 0.200. The Bertz CT molecular complexity index is 1040. The number of aliphatic hydroxyl groups excluding tert-OH is 1. The number of nitriles is 1. The Labute approximate surface area is 164 Å². The molecular formula is C21H26N6O. The molecule has 2 N–H and O–H groups in total. The van der Waals surface area contributed by atoms with Crippen molar-refractivity contribution in [2.24, 2.45) is 5.92 Å². The maximum absolute atomic E-state index is 10.4. The fraction of sp³-hybridized carbons (Fsp3) is 0.571. The standard InChI is InChI=1S/C21H26N6O/c1-13(28)21-25-18-11-24-20-17(6-8-23-20)19(18)27(21)16-4-2-15(3-5-16)26-9-7-14(10-22)12-26/h6,8,11,13-16,28H,2-5,7,9,12H2,1H3,(H,23,24)/t13-,14+,15-,16-/m1/s1. The average Bonchev–Trinajstić information content (AvgIpc) is 3.44. The van der Waals surface area contributed by atoms with E-state index in [0.717, 1.165) is 73.1 Å². The van der Waals surface area contributed by atoms with Crippen LogP contribution in [0.3, 0.4) is 0 Å². The number of rotatable bonds is 3. The third-order valence-corrected chi connectivity index (χ3v) is 6.59. The third-order valence-electron chi connectivity index (χ3n) is 6.59. The van der Waals surface area contributed by atoms with Crippen molar-refractivity contribution in [1.82, 2.24) is 24.4 Å². The first-order valence-electron chi connectivity index (χ1n) is 10.3. The highest BCUT2D eigenvalue weighted by atomic mass is 16.3. The van der Waals surface area contributed by atoms with E-state index in [1.165, 1.54) is 0 Å². The SMILES string of the molecule is C[C@@H](O)c1nc2cnc3[nH]ccc3c2n1[C@H]1CC[C@H](N2CC[C@@H](C#N)C2)CC1. The zero-order valence-corrected chi connectivity index (χ0v) is 16.2. The van der Waals surface area contributed by atoms with E-state index in [2.05, 4.69) is 25.5 Å². The van der Waals surface area contributed by atoms with Gasteiger partial charge in [0.05, 0.1) is 23.7 Å². The molecule has 7 heteroatoms. The van der Waals surface area contributed by atoms with Crippen LogP contribution in [0.4, 0.5) is 0 Å². The number of pyridine rings is 1. The fourth-order valence-electron chi connectivity index (χ4n) is 5.18. The molecule has 28 heavy (non-hydrogen) atoms. The van der Waals surface area contributed by atoms with Gasteiger partial charge in [0.1, 0.15) is 23.1 Å². The maximum atomic E-state index is 10.4. The Kier molecular flexibility index (Phi) is 4.33. The molecular weight excluding hydrogens is 352 g/mol. The lowest BCUT2D eigenvalue weighted by molar-refractivity contribution is 0.151. The summed E-state index contributed by atoms with van der Waals surface area (Å²) in [4.78, 5) is 14.9. The number of hydrogen-bond acceptors (Lipinski definition) is 5. The summed E-state index contributed by atoms with van der Waals surface area (Å²) in [5.74, 6) is 0.936. The summed E-state index contributed by atoms with van der Waals surface area (Å²) in [6.07, 6.45) is 8.49. The molecule has 1 saturated carbocycles. The van der Waals surface area contributed by atoms with Crippen molar-refractivity contribution in [3.8, 4) is 6.07 Å². The molecule has 0 unspecified atom stereocenters. The topological polar surface area (TPSA) is 93.8 Å². The molecule has 2 atom stereocenters. The smallest absolute Gasteiger partial charge is 0.139 e. The molecule has 1 saturated heterocycles. The summed E-state index contributed by atoms with van der Waals surface area (Å²) in [6, 6.07) is 5.39. The van der Waals surface area contributed by atoms with Crippen molar-refractivity contribution in [2.75, 3.05) is 13.1 Å². The monoisotopic (exact) mass is 378 g/mol. The number of imidazole rings is 1. The van der Waals surface area contributed by atoms with Gasteiger partial charge in [0.2, 0.25) is 0 Å². The second kappa shape index (κ2) is 6.87. The van der Waals surface area contributed by atoms with Gasteiger partial charge in [-0.15, -0.1) is 0 Å². The Morgan fingerprint density at radius 2 is 2.04 bits per heavy atom. The summed E-state index contributed by atoms with van der Waals surface area (Å²) in [5, 5.41) is 20.6. The van der Waals surface area contributed by atoms with Crippen LogP contribution in [0.5, 0.6) is 0 Å². The number of hydrogen-bond donors (Lipinski definition) is 2. The molecule has 146 valence electrons. The van der Waals surface area contributed by atoms with Crippen LogP contribution in [-0.2, 0) is 0 Å². The number of aliphatic hydroxyl groups is 1. The van der Waals surface area contributed by atoms with E-state index in [0.29, 0.717) is 12.1 Å². The van der Waals surface area contributed by atoms with Gasteiger partial charge in [0.25, 0.3) is 0 Å². The number of nitrogens with one attached hydrogen (secondary N) is 1. The first kappa shape index (κ1) is 17.7. The summed E-state index contributed by atoms with van der Waals surface area (Å²) in [7, 11) is 0. The van der Waals surface area contributed by atoms with Crippen LogP contribution in [0.15, 0.2) is 18.5 Å². The molecule has 2 fully saturated rings. The Morgan fingerprint density at radius 3 is 2.75 bits per heavy atom. The number of nitrogens with zero attached hydrogens (tertiary/aromatic N) is 5. The predicted molar refractivity (Wildman–Crippen MR) is 107 cm³/mol. The first-order chi connectivity index (χ1) is 13.7. The van der Waals surface area contributed by atoms with E-state index in [-0.39, 0.29) is 5.92 Å². The molecule has 0 amide bonds. The van der Waals surface area contributed by atoms with Crippen molar-refractivity contribution >= 4 is 22.1 Å². The van der Waals surface area contributed by atoms with Gasteiger partial charge in [0.15, 0.2) is 0 Å². The largest absolute Gasteiger partial charge is 0.385 e. The average molecular weight is 378 g/mol. The molecule has 2 aliphatic rings. The van der Waals surface area contributed by atoms with Crippen LogP contribution >= 0.6 is 0 Å². The zero-order chi connectivity index (χ0) is 19.3. The normalized spacial score (nSPS) is 27.4. The van der Waals surface area contributed by atoms with E-state index < -0.39 is 6.10 Å². The molecule has 4 heterocycles. The number of aromatic nitrogens is 4. The Morgan fingerprint density at radius 1 is 1.25 bits per heavy atom. The minimum Gasteiger partial charge on any atom is -0.385 e. The summed E-state index contributed by atoms with van der Waals surface area (Å²) >= 11 is 0. The highest BCUT2D eigenvalue weighted by molar-refractivity contribution is 6.01. The predicted octanol–water partition coefficient (Wildman–Crippen LogP) is 3.30. The van der Waals surface area contributed by atoms with Crippen LogP contribution in [0, 0.1) is 17.2 Å². The van der Waals surface area contributed by atoms with Crippen LogP contribution in [0.25, 0.3) is 22.1 Å². The Balaban J connectivity index is 1.46. The molecule has 3 aromatic rings. The van der Waals surface area contributed by atoms with Crippen molar-refractivity contribution in [3.05, 3.63) is 24.3 Å². The van der Waals surface area contributed by atoms with Gasteiger partial charge in [-0.1, -0.05) is 0 Å². The molecule has 1 aliphatic carbocycles. The number of fused-ring (bicyclic) bond motifs is 3. The summed E-state index contributed by atoms with van der Waals surface area (Å²) in [6.45, 7) is 3.77. The third kappa shape index (κ3) is 2.79. The van der Waals surface area contributed by atoms with E-state index >= 15 is 0 Å². The highest BCUT2D eigenvalue weighted by Crippen LogP contribution is 2.38. The van der Waals surface area contributed by atoms with E-state index in [4.69, 9.17) is 4.98 Å². The molecule has 0 aromatic carbocycles. The molecule has 0 bridgehead atoms. The fourth-order valence-corrected chi connectivity index (χ4v) is 5.18. The van der Waals surface area contributed by atoms with Crippen molar-refractivity contribution in [1.29, 1.82) is 5.26 Å². The van der Waals surface area contributed by atoms with E-state index in [9.17, 15) is 10.4 Å². The molecule has 3 aromatic heterocycles. The molecule has 0 spiro atoms. The first-order valence-corrected chi connectivity index (χ1v) is 10.3. The lowest BCUT2D eigenvalue weighted by atomic mass is 9.89. The lowest BCUT2D eigenvalue weighted by Gasteiger charge is -2.36. The van der Waals surface area contributed by atoms with Gasteiger partial charge in [-0.05, 0) is 51.6 Å². The van der Waals surface area contributed by atoms with Crippen molar-refractivity contribution in [2.45, 2.75) is 57.2 Å². The van der Waals surface area contributed by atoms with Gasteiger partial charge in [-0.2, -0.15) is 5.26 Å². The second-order valence-corrected chi connectivity index (χ2v) is 8.32. The maximum Gasteiger partial charge on any atom is 0.139 e. The van der Waals surface area contributed by atoms with Gasteiger partial charge >= 0.3 is 0 Å². The molecule has 0 radical (unpaired) electrons. The number of aromatic amines is 1. The summed E-state index contributed by atoms with van der Waals surface area (Å²) < 4.78 is 2.27. The van der Waals surface area contributed by atoms with Gasteiger partial charge in [-0.25, -0.2) is 9.97 Å². The van der Waals surface area contributed by atoms with Crippen LogP contribution < -0.4 is 0 Å². The lowest BCUT2D eigenvalue weighted by Crippen LogP contribution is -2.37. The highest BCUT2D eigenvalue weighted by Gasteiger charge is 2.33. The zero-order valence-electron chi connectivity index (χ0n) is 16.2. The van der Waals surface area contributed by atoms with Crippen LogP contribution in [0.2, 0.25) is 0 Å². The summed E-state index contributed by atoms with van der Waals surface area (Å²) in [5.41, 5.74) is 2.79. The van der Waals surface area contributed by atoms with E-state index in [1.54, 1.807) is 13.1 Å². The van der Waals surface area contributed by atoms with Gasteiger partial charge < -0.3 is 14.7 Å². The second-order valence-electron chi connectivity index (χ2n) is 8.32. The molecule has 1 aliphatic heterocycles. The van der Waals surface area contributed by atoms with Crippen molar-refractivity contribution in [3.63, 3.8) is 0 Å². The Hall–Kier alpha value is -2.43. The van der Waals surface area contributed by atoms with Gasteiger partial charge in [0, 0.05) is 30.2 Å². The molecule has 5 rings (SSSR count). The minimum atomic E-state index is -0.617. The van der Waals surface area contributed by atoms with Crippen LogP contribution in [0.1, 0.15) is 57.0 Å². The number of likely N-dealkylation sites (tertiary alicyclic amines) is 1. The number of H-pyrrole nitrogens is 1. The van der Waals surface area contributed by atoms with Crippen molar-refractivity contribution < 1.29 is 5.11 Å². The van der Waals surface area contributed by atoms with Gasteiger partial charge in [-0.3, -0.25) is 4.90 Å². The van der Waals surface area contributed by atoms with E-state index in [1.807, 2.05) is 12.3 Å². The quantitative estimate of drug-likeness (QED) is 0.729.